The summed E-state index contributed by atoms with van der Waals surface area (Å²) in [5, 5.41) is 17.3. The molecule has 0 atom stereocenters. The van der Waals surface area contributed by atoms with Gasteiger partial charge < -0.3 is 10.5 Å². The average molecular weight is 381 g/mol. The van der Waals surface area contributed by atoms with E-state index in [1.807, 2.05) is 42.5 Å². The van der Waals surface area contributed by atoms with Crippen LogP contribution < -0.4 is 10.0 Å². The summed E-state index contributed by atoms with van der Waals surface area (Å²) in [7, 11) is 0. The van der Waals surface area contributed by atoms with Gasteiger partial charge in [0.15, 0.2) is 6.20 Å². The normalized spacial score (nSPS) is 14.9. The van der Waals surface area contributed by atoms with Crippen LogP contribution >= 0.6 is 0 Å². The second-order valence-corrected chi connectivity index (χ2v) is 7.60. The first-order valence-electron chi connectivity index (χ1n) is 10.2. The highest BCUT2D eigenvalue weighted by Gasteiger charge is 2.23. The molecule has 144 valence electrons. The highest BCUT2D eigenvalue weighted by molar-refractivity contribution is 5.99. The van der Waals surface area contributed by atoms with Gasteiger partial charge in [-0.2, -0.15) is 4.73 Å². The molecule has 3 heterocycles. The molecule has 0 amide bonds. The van der Waals surface area contributed by atoms with Crippen molar-refractivity contribution in [3.63, 3.8) is 0 Å². The van der Waals surface area contributed by atoms with E-state index in [9.17, 15) is 5.21 Å². The molecular weight excluding hydrogens is 358 g/mol. The van der Waals surface area contributed by atoms with E-state index in [-0.39, 0.29) is 0 Å². The second-order valence-electron chi connectivity index (χ2n) is 7.60. The van der Waals surface area contributed by atoms with Crippen molar-refractivity contribution in [2.24, 2.45) is 0 Å². The molecule has 1 fully saturated rings. The van der Waals surface area contributed by atoms with Crippen molar-refractivity contribution < 1.29 is 4.73 Å². The molecular formula is C25H23N3O. The molecule has 4 aromatic rings. The van der Waals surface area contributed by atoms with Crippen LogP contribution in [0.1, 0.15) is 24.5 Å². The Hall–Kier alpha value is -3.24. The molecule has 5 rings (SSSR count). The summed E-state index contributed by atoms with van der Waals surface area (Å²) in [6, 6.07) is 24.4. The summed E-state index contributed by atoms with van der Waals surface area (Å²) in [6.07, 6.45) is 3.73. The number of aromatic nitrogens is 2. The fourth-order valence-electron chi connectivity index (χ4n) is 4.29. The first kappa shape index (κ1) is 17.8. The van der Waals surface area contributed by atoms with E-state index in [0.29, 0.717) is 11.6 Å². The van der Waals surface area contributed by atoms with E-state index >= 15 is 0 Å². The minimum atomic E-state index is 0.409. The lowest BCUT2D eigenvalue weighted by Gasteiger charge is -2.23. The maximum absolute atomic E-state index is 12.8. The van der Waals surface area contributed by atoms with E-state index in [1.54, 1.807) is 6.20 Å². The lowest BCUT2D eigenvalue weighted by Crippen LogP contribution is -2.29. The minimum Gasteiger partial charge on any atom is -0.618 e. The number of pyridine rings is 2. The van der Waals surface area contributed by atoms with Gasteiger partial charge in [0.1, 0.15) is 5.52 Å². The predicted molar refractivity (Wildman–Crippen MR) is 116 cm³/mol. The van der Waals surface area contributed by atoms with Crippen LogP contribution in [0.2, 0.25) is 0 Å². The zero-order chi connectivity index (χ0) is 19.6. The van der Waals surface area contributed by atoms with Gasteiger partial charge in [-0.1, -0.05) is 48.5 Å². The minimum absolute atomic E-state index is 0.409. The monoisotopic (exact) mass is 381 g/mol. The number of benzene rings is 2. The van der Waals surface area contributed by atoms with Gasteiger partial charge >= 0.3 is 0 Å². The highest BCUT2D eigenvalue weighted by atomic mass is 16.5. The van der Waals surface area contributed by atoms with Crippen LogP contribution in [-0.2, 0) is 0 Å². The molecule has 0 bridgehead atoms. The Balaban J connectivity index is 1.81. The van der Waals surface area contributed by atoms with Crippen molar-refractivity contribution in [1.29, 1.82) is 0 Å². The average Bonchev–Trinajstić information content (AvgIpc) is 2.80. The molecule has 0 radical (unpaired) electrons. The van der Waals surface area contributed by atoms with Gasteiger partial charge in [0, 0.05) is 28.6 Å². The van der Waals surface area contributed by atoms with E-state index in [4.69, 9.17) is 4.98 Å². The molecule has 0 aliphatic carbocycles. The highest BCUT2D eigenvalue weighted by Crippen LogP contribution is 2.35. The smallest absolute Gasteiger partial charge is 0.250 e. The van der Waals surface area contributed by atoms with Gasteiger partial charge in [-0.15, -0.1) is 0 Å². The zero-order valence-corrected chi connectivity index (χ0v) is 16.2. The van der Waals surface area contributed by atoms with Gasteiger partial charge in [-0.25, -0.2) is 4.98 Å². The first-order chi connectivity index (χ1) is 14.3. The van der Waals surface area contributed by atoms with Gasteiger partial charge in [-0.05, 0) is 55.3 Å². The van der Waals surface area contributed by atoms with Crippen molar-refractivity contribution in [3.05, 3.63) is 89.9 Å². The number of nitrogens with zero attached hydrogens (tertiary/aromatic N) is 2. The van der Waals surface area contributed by atoms with E-state index in [1.165, 1.54) is 0 Å². The van der Waals surface area contributed by atoms with Gasteiger partial charge in [0.2, 0.25) is 5.69 Å². The van der Waals surface area contributed by atoms with Crippen molar-refractivity contribution in [2.45, 2.75) is 18.8 Å². The van der Waals surface area contributed by atoms with E-state index in [0.717, 1.165) is 63.9 Å². The predicted octanol–water partition coefficient (Wildman–Crippen LogP) is 4.67. The number of hydrogen-bond acceptors (Lipinski definition) is 3. The summed E-state index contributed by atoms with van der Waals surface area (Å²) in [4.78, 5) is 5.07. The Kier molecular flexibility index (Phi) is 4.70. The number of rotatable bonds is 3. The summed E-state index contributed by atoms with van der Waals surface area (Å²) in [5.41, 5.74) is 5.67. The van der Waals surface area contributed by atoms with Crippen molar-refractivity contribution in [3.8, 4) is 22.4 Å². The molecule has 1 N–H and O–H groups in total. The van der Waals surface area contributed by atoms with Gasteiger partial charge in [-0.3, -0.25) is 0 Å². The van der Waals surface area contributed by atoms with Crippen LogP contribution in [0, 0.1) is 5.21 Å². The third-order valence-electron chi connectivity index (χ3n) is 5.79. The molecule has 4 nitrogen and oxygen atoms in total. The third-order valence-corrected chi connectivity index (χ3v) is 5.79. The maximum Gasteiger partial charge on any atom is 0.250 e. The molecule has 1 aliphatic rings. The second kappa shape index (κ2) is 7.64. The van der Waals surface area contributed by atoms with Crippen molar-refractivity contribution >= 4 is 10.9 Å². The van der Waals surface area contributed by atoms with Gasteiger partial charge in [0.05, 0.1) is 0 Å². The number of hydrogen-bond donors (Lipinski definition) is 1. The van der Waals surface area contributed by atoms with E-state index < -0.39 is 0 Å². The molecule has 2 aromatic heterocycles. The number of nitrogens with one attached hydrogen (secondary N) is 1. The molecule has 0 spiro atoms. The SMILES string of the molecule is [O-][n+]1ccc2c(-c3ccccc3)cc(C3CCNCC3)nc2c1-c1ccccc1. The maximum atomic E-state index is 12.8. The molecule has 29 heavy (non-hydrogen) atoms. The van der Waals surface area contributed by atoms with Crippen molar-refractivity contribution in [2.75, 3.05) is 13.1 Å². The Morgan fingerprint density at radius 2 is 1.52 bits per heavy atom. The Labute approximate surface area is 170 Å². The zero-order valence-electron chi connectivity index (χ0n) is 16.2. The molecule has 1 aliphatic heterocycles. The van der Waals surface area contributed by atoms with Crippen molar-refractivity contribution in [1.82, 2.24) is 10.3 Å². The fraction of sp³-hybridized carbons (Fsp3) is 0.200. The van der Waals surface area contributed by atoms with Crippen LogP contribution in [0.5, 0.6) is 0 Å². The van der Waals surface area contributed by atoms with E-state index in [2.05, 4.69) is 35.6 Å². The molecule has 1 saturated heterocycles. The Bertz CT molecular complexity index is 1140. The molecule has 4 heteroatoms. The third kappa shape index (κ3) is 3.36. The summed E-state index contributed by atoms with van der Waals surface area (Å²) < 4.78 is 0.950. The molecule has 0 unspecified atom stereocenters. The molecule has 0 saturated carbocycles. The summed E-state index contributed by atoms with van der Waals surface area (Å²) >= 11 is 0. The quantitative estimate of drug-likeness (QED) is 0.414. The topological polar surface area (TPSA) is 51.9 Å². The van der Waals surface area contributed by atoms with Crippen LogP contribution in [0.15, 0.2) is 79.0 Å². The van der Waals surface area contributed by atoms with Crippen LogP contribution in [-0.4, -0.2) is 18.1 Å². The Morgan fingerprint density at radius 3 is 2.21 bits per heavy atom. The molecule has 2 aromatic carbocycles. The van der Waals surface area contributed by atoms with Crippen LogP contribution in [0.25, 0.3) is 33.3 Å². The van der Waals surface area contributed by atoms with Crippen LogP contribution in [0.4, 0.5) is 0 Å². The summed E-state index contributed by atoms with van der Waals surface area (Å²) in [6.45, 7) is 2.01. The standard InChI is InChI=1S/C25H23N3O/c29-28-16-13-21-22(18-7-3-1-4-8-18)17-23(19-11-14-26-15-12-19)27-24(21)25(28)20-9-5-2-6-10-20/h1-10,13,16-17,19,26H,11-12,14-15H2. The lowest BCUT2D eigenvalue weighted by molar-refractivity contribution is -0.592. The number of fused-ring (bicyclic) bond motifs is 1. The van der Waals surface area contributed by atoms with Crippen LogP contribution in [0.3, 0.4) is 0 Å². The van der Waals surface area contributed by atoms with Gasteiger partial charge in [0.25, 0.3) is 0 Å². The first-order valence-corrected chi connectivity index (χ1v) is 10.2. The number of piperidine rings is 1. The lowest BCUT2D eigenvalue weighted by atomic mass is 9.90. The largest absolute Gasteiger partial charge is 0.618 e. The Morgan fingerprint density at radius 1 is 0.862 bits per heavy atom. The summed E-state index contributed by atoms with van der Waals surface area (Å²) in [5.74, 6) is 0.409. The fourth-order valence-corrected chi connectivity index (χ4v) is 4.29.